The van der Waals surface area contributed by atoms with Gasteiger partial charge in [-0.3, -0.25) is 4.90 Å². The summed E-state index contributed by atoms with van der Waals surface area (Å²) < 4.78 is 5.35. The van der Waals surface area contributed by atoms with E-state index in [2.05, 4.69) is 17.1 Å². The van der Waals surface area contributed by atoms with Crippen LogP contribution in [-0.2, 0) is 4.74 Å². The summed E-state index contributed by atoms with van der Waals surface area (Å²) in [6.45, 7) is 8.79. The summed E-state index contributed by atoms with van der Waals surface area (Å²) in [5, 5.41) is 3.74. The Balaban J connectivity index is 1.59. The van der Waals surface area contributed by atoms with Crippen molar-refractivity contribution in [3.05, 3.63) is 0 Å². The third kappa shape index (κ3) is 3.72. The molecule has 2 fully saturated rings. The van der Waals surface area contributed by atoms with Crippen LogP contribution in [0.4, 0.5) is 0 Å². The molecule has 2 aliphatic rings. The maximum atomic E-state index is 5.35. The number of nitrogens with zero attached hydrogens (tertiary/aromatic N) is 1. The first kappa shape index (κ1) is 12.3. The molecule has 16 heavy (non-hydrogen) atoms. The van der Waals surface area contributed by atoms with Crippen molar-refractivity contribution in [2.24, 2.45) is 5.92 Å². The van der Waals surface area contributed by atoms with Gasteiger partial charge in [-0.05, 0) is 18.8 Å². The van der Waals surface area contributed by atoms with Crippen molar-refractivity contribution in [1.82, 2.24) is 10.2 Å². The van der Waals surface area contributed by atoms with Crippen LogP contribution < -0.4 is 5.32 Å². The fraction of sp³-hybridized carbons (Fsp3) is 1.00. The van der Waals surface area contributed by atoms with Gasteiger partial charge in [0.15, 0.2) is 0 Å². The van der Waals surface area contributed by atoms with Crippen LogP contribution in [0.5, 0.6) is 0 Å². The van der Waals surface area contributed by atoms with E-state index in [-0.39, 0.29) is 0 Å². The molecule has 0 spiro atoms. The minimum absolute atomic E-state index is 0.773. The molecule has 2 atom stereocenters. The van der Waals surface area contributed by atoms with E-state index in [4.69, 9.17) is 4.74 Å². The second-order valence-corrected chi connectivity index (χ2v) is 5.28. The highest BCUT2D eigenvalue weighted by atomic mass is 16.5. The summed E-state index contributed by atoms with van der Waals surface area (Å²) in [4.78, 5) is 2.50. The van der Waals surface area contributed by atoms with Crippen molar-refractivity contribution in [1.29, 1.82) is 0 Å². The summed E-state index contributed by atoms with van der Waals surface area (Å²) in [7, 11) is 0. The van der Waals surface area contributed by atoms with E-state index in [9.17, 15) is 0 Å². The predicted octanol–water partition coefficient (Wildman–Crippen LogP) is 1.49. The highest BCUT2D eigenvalue weighted by Crippen LogP contribution is 2.23. The van der Waals surface area contributed by atoms with Crippen LogP contribution in [0.15, 0.2) is 0 Å². The second kappa shape index (κ2) is 6.58. The Labute approximate surface area is 99.5 Å². The smallest absolute Gasteiger partial charge is 0.0594 e. The van der Waals surface area contributed by atoms with E-state index in [1.807, 2.05) is 0 Å². The molecule has 0 aromatic rings. The first-order valence-electron chi connectivity index (χ1n) is 6.90. The summed E-state index contributed by atoms with van der Waals surface area (Å²) >= 11 is 0. The second-order valence-electron chi connectivity index (χ2n) is 5.28. The minimum atomic E-state index is 0.773. The van der Waals surface area contributed by atoms with Gasteiger partial charge < -0.3 is 10.1 Å². The van der Waals surface area contributed by atoms with Crippen LogP contribution in [0.3, 0.4) is 0 Å². The summed E-state index contributed by atoms with van der Waals surface area (Å²) in [6, 6.07) is 0.773. The van der Waals surface area contributed by atoms with Gasteiger partial charge in [0.2, 0.25) is 0 Å². The molecule has 1 saturated heterocycles. The molecule has 2 rings (SSSR count). The molecule has 1 aliphatic carbocycles. The first-order valence-corrected chi connectivity index (χ1v) is 6.90. The largest absolute Gasteiger partial charge is 0.379 e. The molecule has 3 nitrogen and oxygen atoms in total. The fourth-order valence-electron chi connectivity index (χ4n) is 2.85. The highest BCUT2D eigenvalue weighted by molar-refractivity contribution is 4.78. The molecule has 1 N–H and O–H groups in total. The topological polar surface area (TPSA) is 24.5 Å². The van der Waals surface area contributed by atoms with Crippen molar-refractivity contribution in [2.45, 2.75) is 38.6 Å². The van der Waals surface area contributed by atoms with Gasteiger partial charge in [-0.25, -0.2) is 0 Å². The van der Waals surface area contributed by atoms with Gasteiger partial charge in [0.05, 0.1) is 13.2 Å². The van der Waals surface area contributed by atoms with Crippen LogP contribution in [-0.4, -0.2) is 50.3 Å². The summed E-state index contributed by atoms with van der Waals surface area (Å²) in [5.74, 6) is 0.874. The molecule has 0 aromatic carbocycles. The number of nitrogens with one attached hydrogen (secondary N) is 1. The Morgan fingerprint density at radius 2 is 1.94 bits per heavy atom. The first-order chi connectivity index (χ1) is 7.86. The van der Waals surface area contributed by atoms with Gasteiger partial charge in [-0.1, -0.05) is 19.8 Å². The normalized spacial score (nSPS) is 32.8. The molecule has 0 radical (unpaired) electrons. The lowest BCUT2D eigenvalue weighted by Gasteiger charge is -2.31. The fourth-order valence-corrected chi connectivity index (χ4v) is 2.85. The zero-order valence-electron chi connectivity index (χ0n) is 10.6. The van der Waals surface area contributed by atoms with Crippen molar-refractivity contribution >= 4 is 0 Å². The Kier molecular flexibility index (Phi) is 5.07. The SMILES string of the molecule is CC1CCCCC1NCCN1CCOCC1. The standard InChI is InChI=1S/C13H26N2O/c1-12-4-2-3-5-13(12)14-6-7-15-8-10-16-11-9-15/h12-14H,2-11H2,1H3. The number of hydrogen-bond donors (Lipinski definition) is 1. The Morgan fingerprint density at radius 3 is 2.69 bits per heavy atom. The quantitative estimate of drug-likeness (QED) is 0.786. The van der Waals surface area contributed by atoms with Gasteiger partial charge in [0.25, 0.3) is 0 Å². The molecular weight excluding hydrogens is 200 g/mol. The van der Waals surface area contributed by atoms with Gasteiger partial charge >= 0.3 is 0 Å². The molecule has 1 saturated carbocycles. The summed E-state index contributed by atoms with van der Waals surface area (Å²) in [5.41, 5.74) is 0. The van der Waals surface area contributed by atoms with Crippen LogP contribution in [0.1, 0.15) is 32.6 Å². The molecule has 0 aromatic heterocycles. The maximum Gasteiger partial charge on any atom is 0.0594 e. The molecule has 0 bridgehead atoms. The van der Waals surface area contributed by atoms with E-state index in [0.717, 1.165) is 44.8 Å². The molecule has 94 valence electrons. The van der Waals surface area contributed by atoms with Gasteiger partial charge in [0.1, 0.15) is 0 Å². The van der Waals surface area contributed by atoms with Crippen molar-refractivity contribution in [2.75, 3.05) is 39.4 Å². The number of morpholine rings is 1. The monoisotopic (exact) mass is 226 g/mol. The van der Waals surface area contributed by atoms with Gasteiger partial charge in [0, 0.05) is 32.2 Å². The van der Waals surface area contributed by atoms with E-state index in [1.54, 1.807) is 0 Å². The lowest BCUT2D eigenvalue weighted by Crippen LogP contribution is -2.44. The van der Waals surface area contributed by atoms with Crippen LogP contribution >= 0.6 is 0 Å². The predicted molar refractivity (Wildman–Crippen MR) is 66.7 cm³/mol. The highest BCUT2D eigenvalue weighted by Gasteiger charge is 2.20. The number of ether oxygens (including phenoxy) is 1. The van der Waals surface area contributed by atoms with Crippen LogP contribution in [0.2, 0.25) is 0 Å². The zero-order chi connectivity index (χ0) is 11.2. The average molecular weight is 226 g/mol. The number of hydrogen-bond acceptors (Lipinski definition) is 3. The Morgan fingerprint density at radius 1 is 1.19 bits per heavy atom. The van der Waals surface area contributed by atoms with Gasteiger partial charge in [-0.2, -0.15) is 0 Å². The summed E-state index contributed by atoms with van der Waals surface area (Å²) in [6.07, 6.45) is 5.64. The lowest BCUT2D eigenvalue weighted by molar-refractivity contribution is 0.0377. The van der Waals surface area contributed by atoms with Gasteiger partial charge in [-0.15, -0.1) is 0 Å². The minimum Gasteiger partial charge on any atom is -0.379 e. The van der Waals surface area contributed by atoms with E-state index < -0.39 is 0 Å². The van der Waals surface area contributed by atoms with Crippen molar-refractivity contribution < 1.29 is 4.74 Å². The number of rotatable bonds is 4. The van der Waals surface area contributed by atoms with E-state index >= 15 is 0 Å². The molecule has 1 heterocycles. The molecule has 3 heteroatoms. The van der Waals surface area contributed by atoms with Crippen molar-refractivity contribution in [3.63, 3.8) is 0 Å². The average Bonchev–Trinajstić information content (AvgIpc) is 2.33. The van der Waals surface area contributed by atoms with E-state index in [0.29, 0.717) is 0 Å². The third-order valence-corrected chi connectivity index (χ3v) is 4.05. The Bertz CT molecular complexity index is 192. The van der Waals surface area contributed by atoms with Crippen LogP contribution in [0, 0.1) is 5.92 Å². The molecule has 0 amide bonds. The van der Waals surface area contributed by atoms with Crippen molar-refractivity contribution in [3.8, 4) is 0 Å². The lowest BCUT2D eigenvalue weighted by atomic mass is 9.86. The molecule has 2 unspecified atom stereocenters. The van der Waals surface area contributed by atoms with Crippen LogP contribution in [0.25, 0.3) is 0 Å². The molecular formula is C13H26N2O. The zero-order valence-corrected chi connectivity index (χ0v) is 10.6. The molecule has 1 aliphatic heterocycles. The Hall–Kier alpha value is -0.120. The maximum absolute atomic E-state index is 5.35. The third-order valence-electron chi connectivity index (χ3n) is 4.05. The van der Waals surface area contributed by atoms with E-state index in [1.165, 1.54) is 32.2 Å².